The summed E-state index contributed by atoms with van der Waals surface area (Å²) >= 11 is 12.5. The summed E-state index contributed by atoms with van der Waals surface area (Å²) in [6.45, 7) is 0.152. The normalized spacial score (nSPS) is 13.0. The van der Waals surface area contributed by atoms with Gasteiger partial charge in [-0.1, -0.05) is 29.3 Å². The minimum Gasteiger partial charge on any atom is -0.345 e. The van der Waals surface area contributed by atoms with Gasteiger partial charge in [0.25, 0.3) is 0 Å². The SMILES string of the molecule is O=C(C=Cc1cc(Cl)ccc1-n1cnnn1)NCc1nc(-c2ccc3c(c2)CCC(=O)N3)c(Cl)[nH]1. The van der Waals surface area contributed by atoms with Crippen LogP contribution in [0.25, 0.3) is 23.0 Å². The van der Waals surface area contributed by atoms with E-state index in [4.69, 9.17) is 23.2 Å². The Kier molecular flexibility index (Phi) is 6.30. The van der Waals surface area contributed by atoms with Crippen molar-refractivity contribution in [2.75, 3.05) is 5.32 Å². The lowest BCUT2D eigenvalue weighted by molar-refractivity contribution is -0.117. The lowest BCUT2D eigenvalue weighted by atomic mass is 9.99. The summed E-state index contributed by atoms with van der Waals surface area (Å²) in [6, 6.07) is 10.9. The van der Waals surface area contributed by atoms with Crippen molar-refractivity contribution in [1.82, 2.24) is 35.5 Å². The maximum Gasteiger partial charge on any atom is 0.244 e. The van der Waals surface area contributed by atoms with Crippen molar-refractivity contribution in [2.24, 2.45) is 0 Å². The van der Waals surface area contributed by atoms with Gasteiger partial charge in [0.05, 0.1) is 12.2 Å². The van der Waals surface area contributed by atoms with Crippen LogP contribution in [0.15, 0.2) is 48.8 Å². The number of hydrogen-bond acceptors (Lipinski definition) is 6. The summed E-state index contributed by atoms with van der Waals surface area (Å²) in [7, 11) is 0. The number of carbonyl (C=O) groups is 2. The zero-order chi connectivity index (χ0) is 24.4. The molecule has 176 valence electrons. The Morgan fingerprint density at radius 1 is 1.17 bits per heavy atom. The van der Waals surface area contributed by atoms with Gasteiger partial charge in [-0.3, -0.25) is 9.59 Å². The molecule has 2 aromatic carbocycles. The topological polar surface area (TPSA) is 130 Å². The molecule has 35 heavy (non-hydrogen) atoms. The molecule has 0 aliphatic carbocycles. The van der Waals surface area contributed by atoms with Gasteiger partial charge in [0.1, 0.15) is 23.0 Å². The van der Waals surface area contributed by atoms with E-state index in [-0.39, 0.29) is 18.4 Å². The van der Waals surface area contributed by atoms with Crippen LogP contribution in [0.3, 0.4) is 0 Å². The van der Waals surface area contributed by atoms with Crippen molar-refractivity contribution in [1.29, 1.82) is 0 Å². The van der Waals surface area contributed by atoms with Gasteiger partial charge >= 0.3 is 0 Å². The average Bonchev–Trinajstić information content (AvgIpc) is 3.51. The van der Waals surface area contributed by atoms with Crippen molar-refractivity contribution < 1.29 is 9.59 Å². The molecule has 4 aromatic rings. The highest BCUT2D eigenvalue weighted by atomic mass is 35.5. The fraction of sp³-hybridized carbons (Fsp3) is 0.130. The molecule has 0 spiro atoms. The van der Waals surface area contributed by atoms with Crippen molar-refractivity contribution in [3.8, 4) is 16.9 Å². The second-order valence-corrected chi connectivity index (χ2v) is 8.59. The Hall–Kier alpha value is -4.02. The summed E-state index contributed by atoms with van der Waals surface area (Å²) < 4.78 is 1.48. The number of aryl methyl sites for hydroxylation is 1. The number of H-pyrrole nitrogens is 1. The van der Waals surface area contributed by atoms with Gasteiger partial charge in [0.15, 0.2) is 0 Å². The van der Waals surface area contributed by atoms with Crippen LogP contribution in [0, 0.1) is 0 Å². The Bertz CT molecular complexity index is 1450. The number of nitrogens with one attached hydrogen (secondary N) is 3. The fourth-order valence-corrected chi connectivity index (χ4v) is 4.18. The maximum atomic E-state index is 12.4. The summed E-state index contributed by atoms with van der Waals surface area (Å²) in [5.74, 6) is 0.193. The third kappa shape index (κ3) is 5.08. The number of anilines is 1. The number of amides is 2. The molecule has 0 atom stereocenters. The molecule has 0 saturated carbocycles. The largest absolute Gasteiger partial charge is 0.345 e. The number of tetrazole rings is 1. The number of carbonyl (C=O) groups excluding carboxylic acids is 2. The third-order valence-electron chi connectivity index (χ3n) is 5.41. The van der Waals surface area contributed by atoms with Crippen molar-refractivity contribution in [3.05, 3.63) is 75.9 Å². The first-order chi connectivity index (χ1) is 17.0. The number of aromatic amines is 1. The Labute approximate surface area is 209 Å². The molecule has 0 radical (unpaired) electrons. The minimum absolute atomic E-state index is 0.0112. The highest BCUT2D eigenvalue weighted by Crippen LogP contribution is 2.31. The van der Waals surface area contributed by atoms with E-state index in [0.717, 1.165) is 16.8 Å². The predicted molar refractivity (Wildman–Crippen MR) is 131 cm³/mol. The summed E-state index contributed by atoms with van der Waals surface area (Å²) in [5, 5.41) is 17.7. The number of hydrogen-bond donors (Lipinski definition) is 3. The Balaban J connectivity index is 1.26. The molecule has 1 aliphatic rings. The Morgan fingerprint density at radius 3 is 2.89 bits per heavy atom. The second kappa shape index (κ2) is 9.69. The highest BCUT2D eigenvalue weighted by Gasteiger charge is 2.17. The zero-order valence-electron chi connectivity index (χ0n) is 18.1. The molecule has 3 heterocycles. The highest BCUT2D eigenvalue weighted by molar-refractivity contribution is 6.32. The first-order valence-corrected chi connectivity index (χ1v) is 11.4. The molecule has 0 saturated heterocycles. The number of imidazole rings is 1. The van der Waals surface area contributed by atoms with Gasteiger partial charge in [0.2, 0.25) is 11.8 Å². The van der Waals surface area contributed by atoms with Gasteiger partial charge in [-0.05, 0) is 58.8 Å². The van der Waals surface area contributed by atoms with Crippen LogP contribution in [0.1, 0.15) is 23.4 Å². The van der Waals surface area contributed by atoms with Crippen LogP contribution in [0.5, 0.6) is 0 Å². The molecule has 5 rings (SSSR count). The van der Waals surface area contributed by atoms with E-state index < -0.39 is 0 Å². The molecule has 2 amide bonds. The molecule has 0 bridgehead atoms. The fourth-order valence-electron chi connectivity index (χ4n) is 3.74. The van der Waals surface area contributed by atoms with Gasteiger partial charge in [-0.15, -0.1) is 5.10 Å². The van der Waals surface area contributed by atoms with Crippen LogP contribution in [-0.4, -0.2) is 42.0 Å². The van der Waals surface area contributed by atoms with Crippen LogP contribution in [0.4, 0.5) is 5.69 Å². The van der Waals surface area contributed by atoms with Gasteiger partial charge in [0, 0.05) is 34.3 Å². The van der Waals surface area contributed by atoms with Crippen LogP contribution in [0.2, 0.25) is 10.2 Å². The Morgan fingerprint density at radius 2 is 2.06 bits per heavy atom. The van der Waals surface area contributed by atoms with E-state index in [1.54, 1.807) is 24.3 Å². The zero-order valence-corrected chi connectivity index (χ0v) is 19.6. The third-order valence-corrected chi connectivity index (χ3v) is 5.92. The number of nitrogens with zero attached hydrogens (tertiary/aromatic N) is 5. The van der Waals surface area contributed by atoms with E-state index in [1.165, 1.54) is 17.1 Å². The van der Waals surface area contributed by atoms with Crippen molar-refractivity contribution >= 4 is 46.8 Å². The number of halogens is 2. The van der Waals surface area contributed by atoms with Crippen molar-refractivity contribution in [2.45, 2.75) is 19.4 Å². The average molecular weight is 509 g/mol. The molecule has 3 N–H and O–H groups in total. The second-order valence-electron chi connectivity index (χ2n) is 7.77. The first-order valence-electron chi connectivity index (χ1n) is 10.6. The van der Waals surface area contributed by atoms with Crippen LogP contribution in [-0.2, 0) is 22.6 Å². The molecule has 10 nitrogen and oxygen atoms in total. The van der Waals surface area contributed by atoms with Crippen LogP contribution >= 0.6 is 23.2 Å². The molecule has 12 heteroatoms. The first kappa shape index (κ1) is 22.8. The summed E-state index contributed by atoms with van der Waals surface area (Å²) in [5.41, 5.74) is 4.59. The molecular formula is C23H18Cl2N8O2. The molecule has 0 fully saturated rings. The maximum absolute atomic E-state index is 12.4. The lowest BCUT2D eigenvalue weighted by Gasteiger charge is -2.17. The predicted octanol–water partition coefficient (Wildman–Crippen LogP) is 3.57. The summed E-state index contributed by atoms with van der Waals surface area (Å²) in [4.78, 5) is 31.5. The van der Waals surface area contributed by atoms with Crippen LogP contribution < -0.4 is 10.6 Å². The van der Waals surface area contributed by atoms with E-state index in [0.29, 0.717) is 45.8 Å². The molecule has 2 aromatic heterocycles. The number of rotatable bonds is 6. The lowest BCUT2D eigenvalue weighted by Crippen LogP contribution is -2.21. The van der Waals surface area contributed by atoms with E-state index in [2.05, 4.69) is 36.1 Å². The van der Waals surface area contributed by atoms with Gasteiger partial charge in [-0.25, -0.2) is 4.98 Å². The molecule has 0 unspecified atom stereocenters. The number of fused-ring (bicyclic) bond motifs is 1. The number of benzene rings is 2. The number of aromatic nitrogens is 6. The molecule has 1 aliphatic heterocycles. The van der Waals surface area contributed by atoms with Gasteiger partial charge in [-0.2, -0.15) is 4.68 Å². The quantitative estimate of drug-likeness (QED) is 0.341. The van der Waals surface area contributed by atoms with Gasteiger partial charge < -0.3 is 15.6 Å². The van der Waals surface area contributed by atoms with Crippen molar-refractivity contribution in [3.63, 3.8) is 0 Å². The van der Waals surface area contributed by atoms with E-state index in [1.807, 2.05) is 18.2 Å². The van der Waals surface area contributed by atoms with E-state index >= 15 is 0 Å². The van der Waals surface area contributed by atoms with E-state index in [9.17, 15) is 9.59 Å². The monoisotopic (exact) mass is 508 g/mol. The molecular weight excluding hydrogens is 491 g/mol. The smallest absolute Gasteiger partial charge is 0.244 e. The summed E-state index contributed by atoms with van der Waals surface area (Å²) in [6.07, 6.45) is 5.58. The standard InChI is InChI=1S/C23H18Cl2N8O2/c24-16-4-6-18(33-12-27-31-32-33)14(10-16)3-7-20(34)26-11-19-29-22(23(25)30-19)15-1-5-17-13(9-15)2-8-21(35)28-17/h1,3-7,9-10,12H,2,8,11H2,(H,26,34)(H,28,35)(H,29,30). The minimum atomic E-state index is -0.328.